The molecular formula is C26H33N2S+. The van der Waals surface area contributed by atoms with Crippen LogP contribution in [0.1, 0.15) is 43.8 Å². The Morgan fingerprint density at radius 3 is 2.17 bits per heavy atom. The SMILES string of the molecule is CCN(CC)c1ccc(/C=C/c2scc(-c3ccc(CC(C)C)cc3)[n+]2C)cc1. The molecule has 29 heavy (non-hydrogen) atoms. The van der Waals surface area contributed by atoms with Crippen LogP contribution in [0.4, 0.5) is 5.69 Å². The average Bonchev–Trinajstić information content (AvgIpc) is 3.09. The molecule has 0 bridgehead atoms. The van der Waals surface area contributed by atoms with Gasteiger partial charge in [0.15, 0.2) is 0 Å². The van der Waals surface area contributed by atoms with E-state index in [1.165, 1.54) is 33.1 Å². The molecule has 0 radical (unpaired) electrons. The normalized spacial score (nSPS) is 11.5. The van der Waals surface area contributed by atoms with E-state index in [2.05, 4.69) is 110 Å². The molecule has 0 aliphatic rings. The lowest BCUT2D eigenvalue weighted by atomic mass is 10.0. The minimum atomic E-state index is 0.691. The van der Waals surface area contributed by atoms with E-state index in [-0.39, 0.29) is 0 Å². The Balaban J connectivity index is 1.74. The summed E-state index contributed by atoms with van der Waals surface area (Å²) in [4.78, 5) is 2.37. The molecule has 0 N–H and O–H groups in total. The molecule has 152 valence electrons. The second-order valence-corrected chi connectivity index (χ2v) is 8.80. The Morgan fingerprint density at radius 2 is 1.59 bits per heavy atom. The van der Waals surface area contributed by atoms with Gasteiger partial charge in [0.25, 0.3) is 5.01 Å². The maximum Gasteiger partial charge on any atom is 0.261 e. The molecule has 0 aliphatic heterocycles. The lowest BCUT2D eigenvalue weighted by molar-refractivity contribution is -0.657. The number of hydrogen-bond donors (Lipinski definition) is 0. The monoisotopic (exact) mass is 405 g/mol. The molecule has 0 saturated carbocycles. The van der Waals surface area contributed by atoms with Crippen LogP contribution in [0.2, 0.25) is 0 Å². The van der Waals surface area contributed by atoms with E-state index in [0.717, 1.165) is 19.5 Å². The Morgan fingerprint density at radius 1 is 0.931 bits per heavy atom. The van der Waals surface area contributed by atoms with Crippen molar-refractivity contribution in [3.8, 4) is 11.3 Å². The van der Waals surface area contributed by atoms with Crippen LogP contribution >= 0.6 is 11.3 Å². The van der Waals surface area contributed by atoms with Crippen LogP contribution in [0.3, 0.4) is 0 Å². The van der Waals surface area contributed by atoms with Gasteiger partial charge in [-0.15, -0.1) is 0 Å². The predicted octanol–water partition coefficient (Wildman–Crippen LogP) is 6.45. The van der Waals surface area contributed by atoms with Gasteiger partial charge in [-0.2, -0.15) is 4.57 Å². The van der Waals surface area contributed by atoms with Gasteiger partial charge in [-0.1, -0.05) is 49.4 Å². The zero-order valence-corrected chi connectivity index (χ0v) is 19.2. The van der Waals surface area contributed by atoms with Crippen LogP contribution in [-0.4, -0.2) is 13.1 Å². The standard InChI is InChI=1S/C26H33N2S/c1-6-28(7-2)24-15-10-21(11-16-24)12-17-26-27(5)25(19-29-26)23-13-8-22(9-14-23)18-20(3)4/h8-17,19-20H,6-7,18H2,1-5H3/q+1. The molecule has 0 saturated heterocycles. The van der Waals surface area contributed by atoms with E-state index in [0.29, 0.717) is 5.92 Å². The maximum absolute atomic E-state index is 2.37. The molecule has 3 aromatic rings. The fraction of sp³-hybridized carbons (Fsp3) is 0.346. The zero-order valence-electron chi connectivity index (χ0n) is 18.4. The minimum Gasteiger partial charge on any atom is -0.372 e. The number of benzene rings is 2. The number of nitrogens with zero attached hydrogens (tertiary/aromatic N) is 2. The Hall–Kier alpha value is -2.39. The Bertz CT molecular complexity index is 930. The lowest BCUT2D eigenvalue weighted by Gasteiger charge is -2.20. The number of rotatable bonds is 8. The van der Waals surface area contributed by atoms with Gasteiger partial charge >= 0.3 is 0 Å². The van der Waals surface area contributed by atoms with Crippen LogP contribution in [0.5, 0.6) is 0 Å². The van der Waals surface area contributed by atoms with E-state index in [9.17, 15) is 0 Å². The van der Waals surface area contributed by atoms with Crippen LogP contribution in [0, 0.1) is 5.92 Å². The highest BCUT2D eigenvalue weighted by Gasteiger charge is 2.16. The molecule has 2 nitrogen and oxygen atoms in total. The van der Waals surface area contributed by atoms with Gasteiger partial charge in [0, 0.05) is 30.4 Å². The van der Waals surface area contributed by atoms with Gasteiger partial charge in [-0.05, 0) is 67.7 Å². The molecule has 3 heteroatoms. The van der Waals surface area contributed by atoms with E-state index in [1.807, 2.05) is 0 Å². The van der Waals surface area contributed by atoms with Crippen molar-refractivity contribution in [2.24, 2.45) is 13.0 Å². The van der Waals surface area contributed by atoms with Gasteiger partial charge in [-0.3, -0.25) is 0 Å². The van der Waals surface area contributed by atoms with Crippen molar-refractivity contribution in [1.82, 2.24) is 0 Å². The third kappa shape index (κ3) is 5.36. The van der Waals surface area contributed by atoms with E-state index >= 15 is 0 Å². The molecule has 0 aliphatic carbocycles. The fourth-order valence-electron chi connectivity index (χ4n) is 3.64. The van der Waals surface area contributed by atoms with E-state index in [4.69, 9.17) is 0 Å². The second-order valence-electron chi connectivity index (χ2n) is 7.91. The first-order valence-corrected chi connectivity index (χ1v) is 11.5. The average molecular weight is 406 g/mol. The summed E-state index contributed by atoms with van der Waals surface area (Å²) >= 11 is 1.79. The molecule has 0 spiro atoms. The number of hydrogen-bond acceptors (Lipinski definition) is 2. The minimum absolute atomic E-state index is 0.691. The van der Waals surface area contributed by atoms with Crippen molar-refractivity contribution in [2.45, 2.75) is 34.1 Å². The molecular weight excluding hydrogens is 372 g/mol. The summed E-state index contributed by atoms with van der Waals surface area (Å²) in [5, 5.41) is 3.50. The summed E-state index contributed by atoms with van der Waals surface area (Å²) in [6.45, 7) is 11.0. The largest absolute Gasteiger partial charge is 0.372 e. The van der Waals surface area contributed by atoms with Gasteiger partial charge < -0.3 is 4.90 Å². The van der Waals surface area contributed by atoms with Gasteiger partial charge in [-0.25, -0.2) is 0 Å². The molecule has 1 heterocycles. The first kappa shape index (κ1) is 21.3. The van der Waals surface area contributed by atoms with Gasteiger partial charge in [0.05, 0.1) is 5.38 Å². The third-order valence-corrected chi connectivity index (χ3v) is 6.31. The summed E-state index contributed by atoms with van der Waals surface area (Å²) in [7, 11) is 2.15. The Kier molecular flexibility index (Phi) is 7.27. The second kappa shape index (κ2) is 9.89. The summed E-state index contributed by atoms with van der Waals surface area (Å²) < 4.78 is 2.28. The van der Waals surface area contributed by atoms with E-state index in [1.54, 1.807) is 11.3 Å². The van der Waals surface area contributed by atoms with Crippen molar-refractivity contribution in [1.29, 1.82) is 0 Å². The quantitative estimate of drug-likeness (QED) is 0.390. The highest BCUT2D eigenvalue weighted by Crippen LogP contribution is 2.23. The summed E-state index contributed by atoms with van der Waals surface area (Å²) in [6, 6.07) is 17.9. The van der Waals surface area contributed by atoms with Crippen LogP contribution in [0.15, 0.2) is 53.9 Å². The predicted molar refractivity (Wildman–Crippen MR) is 128 cm³/mol. The third-order valence-electron chi connectivity index (χ3n) is 5.32. The molecule has 0 fully saturated rings. The van der Waals surface area contributed by atoms with Crippen molar-refractivity contribution < 1.29 is 4.57 Å². The molecule has 0 atom stereocenters. The zero-order chi connectivity index (χ0) is 20.8. The maximum atomic E-state index is 2.37. The molecule has 0 unspecified atom stereocenters. The van der Waals surface area contributed by atoms with E-state index < -0.39 is 0 Å². The van der Waals surface area contributed by atoms with Crippen LogP contribution in [0.25, 0.3) is 23.4 Å². The van der Waals surface area contributed by atoms with Crippen molar-refractivity contribution in [3.63, 3.8) is 0 Å². The van der Waals surface area contributed by atoms with Crippen molar-refractivity contribution in [3.05, 3.63) is 70.0 Å². The number of thiazole rings is 1. The van der Waals surface area contributed by atoms with Crippen molar-refractivity contribution >= 4 is 29.2 Å². The number of aromatic nitrogens is 1. The lowest BCUT2D eigenvalue weighted by Crippen LogP contribution is -2.30. The number of anilines is 1. The molecule has 0 amide bonds. The van der Waals surface area contributed by atoms with Crippen LogP contribution in [-0.2, 0) is 13.5 Å². The summed E-state index contributed by atoms with van der Waals surface area (Å²) in [6.07, 6.45) is 5.55. The molecule has 1 aromatic heterocycles. The molecule has 3 rings (SSSR count). The van der Waals surface area contributed by atoms with Crippen molar-refractivity contribution in [2.75, 3.05) is 18.0 Å². The van der Waals surface area contributed by atoms with Gasteiger partial charge in [0.1, 0.15) is 7.05 Å². The van der Waals surface area contributed by atoms with Crippen LogP contribution < -0.4 is 9.47 Å². The van der Waals surface area contributed by atoms with Gasteiger partial charge in [0.2, 0.25) is 5.69 Å². The summed E-state index contributed by atoms with van der Waals surface area (Å²) in [5.41, 5.74) is 6.47. The first-order chi connectivity index (χ1) is 14.0. The highest BCUT2D eigenvalue weighted by atomic mass is 32.1. The fourth-order valence-corrected chi connectivity index (χ4v) is 4.57. The summed E-state index contributed by atoms with van der Waals surface area (Å²) in [5.74, 6) is 0.691. The topological polar surface area (TPSA) is 7.12 Å². The smallest absolute Gasteiger partial charge is 0.261 e. The molecule has 2 aromatic carbocycles. The Labute approximate surface area is 180 Å². The highest BCUT2D eigenvalue weighted by molar-refractivity contribution is 7.10. The first-order valence-electron chi connectivity index (χ1n) is 10.6.